The SMILES string of the molecule is COc1cc(N=Cc2ccc(Br)cc2[N+](=O)[O-])ccn1. The Bertz CT molecular complexity index is 674. The molecule has 2 aromatic rings. The van der Waals surface area contributed by atoms with Crippen molar-refractivity contribution in [1.82, 2.24) is 4.98 Å². The van der Waals surface area contributed by atoms with Crippen LogP contribution >= 0.6 is 15.9 Å². The number of hydrogen-bond donors (Lipinski definition) is 0. The molecule has 0 atom stereocenters. The van der Waals surface area contributed by atoms with Gasteiger partial charge in [0.15, 0.2) is 0 Å². The molecule has 0 radical (unpaired) electrons. The minimum atomic E-state index is -0.445. The highest BCUT2D eigenvalue weighted by Gasteiger charge is 2.12. The number of aliphatic imine (C=N–C) groups is 1. The molecule has 2 rings (SSSR count). The molecule has 7 heteroatoms. The highest BCUT2D eigenvalue weighted by molar-refractivity contribution is 9.10. The molecular weight excluding hydrogens is 326 g/mol. The maximum atomic E-state index is 11.0. The fraction of sp³-hybridized carbons (Fsp3) is 0.0769. The van der Waals surface area contributed by atoms with E-state index in [4.69, 9.17) is 4.74 Å². The molecule has 0 saturated heterocycles. The van der Waals surface area contributed by atoms with Gasteiger partial charge in [-0.1, -0.05) is 15.9 Å². The summed E-state index contributed by atoms with van der Waals surface area (Å²) >= 11 is 3.21. The van der Waals surface area contributed by atoms with Gasteiger partial charge >= 0.3 is 0 Å². The van der Waals surface area contributed by atoms with E-state index in [1.807, 2.05) is 0 Å². The molecule has 0 aliphatic heterocycles. The molecule has 0 spiro atoms. The summed E-state index contributed by atoms with van der Waals surface area (Å²) in [4.78, 5) is 18.7. The number of rotatable bonds is 4. The lowest BCUT2D eigenvalue weighted by molar-refractivity contribution is -0.385. The summed E-state index contributed by atoms with van der Waals surface area (Å²) in [7, 11) is 1.51. The Hall–Kier alpha value is -2.28. The highest BCUT2D eigenvalue weighted by Crippen LogP contribution is 2.23. The van der Waals surface area contributed by atoms with Crippen LogP contribution in [0.25, 0.3) is 0 Å². The van der Waals surface area contributed by atoms with Crippen LogP contribution < -0.4 is 4.74 Å². The van der Waals surface area contributed by atoms with Gasteiger partial charge in [0, 0.05) is 29.0 Å². The lowest BCUT2D eigenvalue weighted by Crippen LogP contribution is -1.94. The van der Waals surface area contributed by atoms with Crippen molar-refractivity contribution in [2.75, 3.05) is 7.11 Å². The van der Waals surface area contributed by atoms with E-state index in [0.717, 1.165) is 0 Å². The molecule has 6 nitrogen and oxygen atoms in total. The zero-order valence-corrected chi connectivity index (χ0v) is 12.1. The van der Waals surface area contributed by atoms with Gasteiger partial charge in [0.05, 0.1) is 23.3 Å². The van der Waals surface area contributed by atoms with Crippen molar-refractivity contribution < 1.29 is 9.66 Å². The number of benzene rings is 1. The first kappa shape index (κ1) is 14.1. The number of nitrogens with zero attached hydrogens (tertiary/aromatic N) is 3. The van der Waals surface area contributed by atoms with Gasteiger partial charge < -0.3 is 4.74 Å². The van der Waals surface area contributed by atoms with Crippen LogP contribution in [0.2, 0.25) is 0 Å². The van der Waals surface area contributed by atoms with Crippen LogP contribution in [0.3, 0.4) is 0 Å². The van der Waals surface area contributed by atoms with Crippen LogP contribution in [0.1, 0.15) is 5.56 Å². The van der Waals surface area contributed by atoms with Crippen molar-refractivity contribution in [1.29, 1.82) is 0 Å². The molecule has 1 aromatic heterocycles. The Kier molecular flexibility index (Phi) is 4.41. The van der Waals surface area contributed by atoms with E-state index in [1.54, 1.807) is 30.5 Å². The van der Waals surface area contributed by atoms with Crippen LogP contribution in [0, 0.1) is 10.1 Å². The van der Waals surface area contributed by atoms with Gasteiger partial charge in [-0.25, -0.2) is 4.98 Å². The molecule has 20 heavy (non-hydrogen) atoms. The molecule has 0 aliphatic carbocycles. The molecule has 0 fully saturated rings. The quantitative estimate of drug-likeness (QED) is 0.486. The number of halogens is 1. The second kappa shape index (κ2) is 6.25. The average molecular weight is 336 g/mol. The van der Waals surface area contributed by atoms with Crippen LogP contribution in [0.5, 0.6) is 5.88 Å². The molecule has 0 amide bonds. The minimum absolute atomic E-state index is 0.0100. The molecule has 0 unspecified atom stereocenters. The van der Waals surface area contributed by atoms with Gasteiger partial charge in [0.2, 0.25) is 5.88 Å². The van der Waals surface area contributed by atoms with Gasteiger partial charge in [-0.2, -0.15) is 0 Å². The van der Waals surface area contributed by atoms with Crippen molar-refractivity contribution in [3.63, 3.8) is 0 Å². The van der Waals surface area contributed by atoms with Gasteiger partial charge in [0.1, 0.15) is 0 Å². The number of pyridine rings is 1. The summed E-state index contributed by atoms with van der Waals surface area (Å²) < 4.78 is 5.63. The molecule has 0 saturated carbocycles. The lowest BCUT2D eigenvalue weighted by Gasteiger charge is -2.00. The lowest BCUT2D eigenvalue weighted by atomic mass is 10.2. The van der Waals surface area contributed by atoms with E-state index in [-0.39, 0.29) is 5.69 Å². The van der Waals surface area contributed by atoms with Gasteiger partial charge in [0.25, 0.3) is 5.69 Å². The first-order chi connectivity index (χ1) is 9.60. The summed E-state index contributed by atoms with van der Waals surface area (Å²) in [6, 6.07) is 8.12. The normalized spacial score (nSPS) is 10.7. The molecule has 0 N–H and O–H groups in total. The van der Waals surface area contributed by atoms with Gasteiger partial charge in [-0.15, -0.1) is 0 Å². The molecule has 102 valence electrons. The first-order valence-electron chi connectivity index (χ1n) is 5.58. The monoisotopic (exact) mass is 335 g/mol. The molecular formula is C13H10BrN3O3. The predicted octanol–water partition coefficient (Wildman–Crippen LogP) is 3.51. The van der Waals surface area contributed by atoms with Crippen molar-refractivity contribution in [3.8, 4) is 5.88 Å². The molecule has 0 aliphatic rings. The van der Waals surface area contributed by atoms with Gasteiger partial charge in [-0.05, 0) is 18.2 Å². The maximum absolute atomic E-state index is 11.0. The molecule has 1 heterocycles. The second-order valence-electron chi connectivity index (χ2n) is 3.77. The fourth-order valence-corrected chi connectivity index (χ4v) is 1.87. The maximum Gasteiger partial charge on any atom is 0.279 e. The van der Waals surface area contributed by atoms with Crippen LogP contribution in [0.4, 0.5) is 11.4 Å². The fourth-order valence-electron chi connectivity index (χ4n) is 1.52. The standard InChI is InChI=1S/C13H10BrN3O3/c1-20-13-7-11(4-5-15-13)16-8-9-2-3-10(14)6-12(9)17(18)19/h2-8H,1H3. The van der Waals surface area contributed by atoms with Crippen molar-refractivity contribution in [2.24, 2.45) is 4.99 Å². The van der Waals surface area contributed by atoms with E-state index in [1.165, 1.54) is 19.4 Å². The summed E-state index contributed by atoms with van der Waals surface area (Å²) in [5.41, 5.74) is 1.02. The highest BCUT2D eigenvalue weighted by atomic mass is 79.9. The van der Waals surface area contributed by atoms with Crippen molar-refractivity contribution in [2.45, 2.75) is 0 Å². The largest absolute Gasteiger partial charge is 0.481 e. The predicted molar refractivity (Wildman–Crippen MR) is 78.8 cm³/mol. The van der Waals surface area contributed by atoms with E-state index < -0.39 is 4.92 Å². The topological polar surface area (TPSA) is 77.6 Å². The van der Waals surface area contributed by atoms with Crippen LogP contribution in [-0.4, -0.2) is 23.2 Å². The number of nitro groups is 1. The first-order valence-corrected chi connectivity index (χ1v) is 6.37. The molecule has 0 bridgehead atoms. The van der Waals surface area contributed by atoms with E-state index in [9.17, 15) is 10.1 Å². The Balaban J connectivity index is 2.33. The summed E-state index contributed by atoms with van der Waals surface area (Å²) in [6.07, 6.45) is 3.00. The zero-order chi connectivity index (χ0) is 14.5. The zero-order valence-electron chi connectivity index (χ0n) is 10.5. The van der Waals surface area contributed by atoms with E-state index in [2.05, 4.69) is 25.9 Å². The molecule has 1 aromatic carbocycles. The van der Waals surface area contributed by atoms with Gasteiger partial charge in [-0.3, -0.25) is 15.1 Å². The van der Waals surface area contributed by atoms with Crippen molar-refractivity contribution >= 4 is 33.5 Å². The number of methoxy groups -OCH3 is 1. The summed E-state index contributed by atoms with van der Waals surface area (Å²) in [5.74, 6) is 0.435. The number of hydrogen-bond acceptors (Lipinski definition) is 5. The minimum Gasteiger partial charge on any atom is -0.481 e. The third-order valence-electron chi connectivity index (χ3n) is 2.47. The Morgan fingerprint density at radius 1 is 1.40 bits per heavy atom. The summed E-state index contributed by atoms with van der Waals surface area (Å²) in [5, 5.41) is 11.0. The Morgan fingerprint density at radius 2 is 2.20 bits per heavy atom. The smallest absolute Gasteiger partial charge is 0.279 e. The Morgan fingerprint density at radius 3 is 2.90 bits per heavy atom. The van der Waals surface area contributed by atoms with Crippen LogP contribution in [-0.2, 0) is 0 Å². The van der Waals surface area contributed by atoms with Crippen molar-refractivity contribution in [3.05, 3.63) is 56.7 Å². The third kappa shape index (κ3) is 3.39. The second-order valence-corrected chi connectivity index (χ2v) is 4.69. The van der Waals surface area contributed by atoms with Crippen LogP contribution in [0.15, 0.2) is 46.0 Å². The van der Waals surface area contributed by atoms with E-state index >= 15 is 0 Å². The average Bonchev–Trinajstić information content (AvgIpc) is 2.46. The number of ether oxygens (including phenoxy) is 1. The van der Waals surface area contributed by atoms with E-state index in [0.29, 0.717) is 21.6 Å². The number of nitro benzene ring substituents is 1. The Labute approximate surface area is 123 Å². The summed E-state index contributed by atoms with van der Waals surface area (Å²) in [6.45, 7) is 0. The number of aromatic nitrogens is 1. The third-order valence-corrected chi connectivity index (χ3v) is 2.96.